The summed E-state index contributed by atoms with van der Waals surface area (Å²) < 4.78 is 0. The van der Waals surface area contributed by atoms with Crippen LogP contribution in [0.3, 0.4) is 0 Å². The molecular weight excluding hydrogens is 1150 g/mol. The van der Waals surface area contributed by atoms with Crippen molar-refractivity contribution in [3.63, 3.8) is 0 Å². The highest BCUT2D eigenvalue weighted by molar-refractivity contribution is 8.03. The highest BCUT2D eigenvalue weighted by atomic mass is 32.2. The Hall–Kier alpha value is -3.12. The van der Waals surface area contributed by atoms with Crippen molar-refractivity contribution in [1.82, 2.24) is 59.5 Å². The van der Waals surface area contributed by atoms with Gasteiger partial charge in [0.1, 0.15) is 22.6 Å². The van der Waals surface area contributed by atoms with Gasteiger partial charge in [-0.15, -0.1) is 94.1 Å². The van der Waals surface area contributed by atoms with E-state index in [9.17, 15) is 0 Å². The van der Waals surface area contributed by atoms with E-state index in [1.54, 1.807) is 0 Å². The standard InChI is InChI=1S/C60H78N12S8/c1-13-21-73-45-29-37-41(33-49(45)77-25-17-69(5)6)57-62-53(37)61-54-38-30-46(74-22-14-2)50(78-26-18-70(7)8)34-42(38)58(63-54)65-56-40-32-48(76-24-16-4)52(80-28-20-72(11)12)36-44(40)60(67-56)68-59-43-35-51(79-27-19-71(9)10)47(75-23-15-3)31-39(43)55(64-57)66-59/h29-36H,13-28H2,1-12H3,(H2,61,62,63,64,65,66,67,68). The maximum atomic E-state index is 5.63. The monoisotopic (exact) mass is 1220 g/mol. The predicted octanol–water partition coefficient (Wildman–Crippen LogP) is 15.5. The molecule has 8 bridgehead atoms. The van der Waals surface area contributed by atoms with Crippen LogP contribution in [0.5, 0.6) is 0 Å². The molecule has 80 heavy (non-hydrogen) atoms. The van der Waals surface area contributed by atoms with Crippen molar-refractivity contribution >= 4 is 138 Å². The van der Waals surface area contributed by atoms with Crippen LogP contribution in [0.1, 0.15) is 53.4 Å². The first-order chi connectivity index (χ1) is 38.7. The molecule has 9 rings (SSSR count). The SMILES string of the molecule is CCCSc1cc2c(cc1SCCN(C)C)-c1nc-2nc2[nH]c(nc3nc(nc4[nH]c(n1)c1cc(SCCC)c(SCCN(C)C)cc41)-c1cc(SCCN(C)C)c(SCCC)cc1-3)c1cc(SCCN(C)C)c(SCCC)cc21. The van der Waals surface area contributed by atoms with Gasteiger partial charge in [-0.1, -0.05) is 27.7 Å². The zero-order valence-corrected chi connectivity index (χ0v) is 55.2. The largest absolute Gasteiger partial charge is 0.324 e. The van der Waals surface area contributed by atoms with E-state index in [1.165, 1.54) is 39.2 Å². The van der Waals surface area contributed by atoms with Gasteiger partial charge >= 0.3 is 0 Å². The first-order valence-electron chi connectivity index (χ1n) is 27.9. The van der Waals surface area contributed by atoms with Gasteiger partial charge in [0.05, 0.1) is 0 Å². The van der Waals surface area contributed by atoms with Gasteiger partial charge in [-0.2, -0.15) is 0 Å². The lowest BCUT2D eigenvalue weighted by molar-refractivity contribution is 0.437. The summed E-state index contributed by atoms with van der Waals surface area (Å²) in [6.45, 7) is 12.9. The van der Waals surface area contributed by atoms with E-state index in [1.807, 2.05) is 94.1 Å². The molecule has 2 N–H and O–H groups in total. The molecule has 5 heterocycles. The van der Waals surface area contributed by atoms with Gasteiger partial charge in [-0.25, -0.2) is 29.9 Å². The Morgan fingerprint density at radius 3 is 0.688 bits per heavy atom. The van der Waals surface area contributed by atoms with E-state index in [0.717, 1.165) is 153 Å². The van der Waals surface area contributed by atoms with Gasteiger partial charge < -0.3 is 29.6 Å². The third kappa shape index (κ3) is 15.0. The third-order valence-corrected chi connectivity index (χ3v) is 22.8. The minimum Gasteiger partial charge on any atom is -0.324 e. The summed E-state index contributed by atoms with van der Waals surface area (Å²) in [5, 5.41) is 4.01. The van der Waals surface area contributed by atoms with Crippen LogP contribution in [0.4, 0.5) is 0 Å². The summed E-state index contributed by atoms with van der Waals surface area (Å²) in [5.41, 5.74) is 6.77. The fraction of sp³-hybridized carbons (Fsp3) is 0.467. The third-order valence-electron chi connectivity index (χ3n) is 13.1. The number of fused-ring (bicyclic) bond motifs is 20. The van der Waals surface area contributed by atoms with Crippen LogP contribution in [0.15, 0.2) is 87.7 Å². The van der Waals surface area contributed by atoms with Gasteiger partial charge in [0.25, 0.3) is 0 Å². The Labute approximate surface area is 508 Å². The quantitative estimate of drug-likeness (QED) is 0.0452. The van der Waals surface area contributed by atoms with Gasteiger partial charge in [0.2, 0.25) is 0 Å². The summed E-state index contributed by atoms with van der Waals surface area (Å²) in [6, 6.07) is 18.7. The molecule has 2 aliphatic rings. The zero-order valence-electron chi connectivity index (χ0n) is 48.7. The molecule has 0 spiro atoms. The van der Waals surface area contributed by atoms with Crippen molar-refractivity contribution in [2.24, 2.45) is 0 Å². The van der Waals surface area contributed by atoms with Crippen molar-refractivity contribution in [3.8, 4) is 45.6 Å². The van der Waals surface area contributed by atoms with Crippen LogP contribution in [0, 0.1) is 0 Å². The summed E-state index contributed by atoms with van der Waals surface area (Å²) in [6.07, 6.45) is 4.29. The number of hydrogen-bond acceptors (Lipinski definition) is 18. The number of aromatic nitrogens is 8. The van der Waals surface area contributed by atoms with E-state index in [4.69, 9.17) is 29.9 Å². The Morgan fingerprint density at radius 1 is 0.287 bits per heavy atom. The van der Waals surface area contributed by atoms with E-state index in [-0.39, 0.29) is 0 Å². The van der Waals surface area contributed by atoms with E-state index in [0.29, 0.717) is 34.6 Å². The number of hydrogen-bond donors (Lipinski definition) is 2. The normalized spacial score (nSPS) is 12.4. The molecule has 0 unspecified atom stereocenters. The fourth-order valence-corrected chi connectivity index (χ4v) is 18.0. The minimum atomic E-state index is 0.628. The molecule has 0 radical (unpaired) electrons. The van der Waals surface area contributed by atoms with Crippen LogP contribution in [0.25, 0.3) is 89.7 Å². The minimum absolute atomic E-state index is 0.628. The number of aromatic amines is 2. The molecule has 0 aliphatic carbocycles. The molecule has 12 nitrogen and oxygen atoms in total. The molecule has 0 saturated carbocycles. The maximum absolute atomic E-state index is 5.63. The molecule has 20 heteroatoms. The molecule has 4 aromatic carbocycles. The summed E-state index contributed by atoms with van der Waals surface area (Å²) in [4.78, 5) is 60.1. The molecule has 2 aliphatic heterocycles. The number of thioether (sulfide) groups is 8. The summed E-state index contributed by atoms with van der Waals surface area (Å²) in [7, 11) is 17.1. The molecule has 426 valence electrons. The smallest absolute Gasteiger partial charge is 0.164 e. The molecule has 3 aromatic heterocycles. The lowest BCUT2D eigenvalue weighted by atomic mass is 10.1. The van der Waals surface area contributed by atoms with Gasteiger partial charge in [-0.3, -0.25) is 0 Å². The molecule has 0 amide bonds. The molecular formula is C60H78N12S8. The summed E-state index contributed by atoms with van der Waals surface area (Å²) >= 11 is 15.3. The molecule has 0 fully saturated rings. The molecule has 0 saturated heterocycles. The van der Waals surface area contributed by atoms with Crippen LogP contribution >= 0.6 is 94.1 Å². The van der Waals surface area contributed by atoms with Crippen LogP contribution in [0.2, 0.25) is 0 Å². The lowest BCUT2D eigenvalue weighted by Gasteiger charge is -2.13. The first-order valence-corrected chi connectivity index (χ1v) is 35.8. The number of rotatable bonds is 28. The Kier molecular flexibility index (Phi) is 22.4. The first kappa shape index (κ1) is 61.4. The fourth-order valence-electron chi connectivity index (χ4n) is 8.92. The number of nitrogens with zero attached hydrogens (tertiary/aromatic N) is 10. The van der Waals surface area contributed by atoms with Crippen molar-refractivity contribution in [2.45, 2.75) is 92.5 Å². The second-order valence-corrected chi connectivity index (χ2v) is 30.1. The highest BCUT2D eigenvalue weighted by Gasteiger charge is 2.27. The second-order valence-electron chi connectivity index (χ2n) is 21.0. The molecule has 7 aromatic rings. The number of nitrogens with one attached hydrogen (secondary N) is 2. The topological polar surface area (TPSA) is 122 Å². The second kappa shape index (κ2) is 29.1. The molecule has 0 atom stereocenters. The summed E-state index contributed by atoms with van der Waals surface area (Å²) in [5.74, 6) is 10.4. The van der Waals surface area contributed by atoms with Crippen LogP contribution in [-0.2, 0) is 0 Å². The zero-order chi connectivity index (χ0) is 56.5. The predicted molar refractivity (Wildman–Crippen MR) is 357 cm³/mol. The number of H-pyrrole nitrogens is 2. The van der Waals surface area contributed by atoms with Crippen molar-refractivity contribution < 1.29 is 0 Å². The maximum Gasteiger partial charge on any atom is 0.164 e. The van der Waals surface area contributed by atoms with Gasteiger partial charge in [0.15, 0.2) is 23.3 Å². The van der Waals surface area contributed by atoms with Crippen molar-refractivity contribution in [1.29, 1.82) is 0 Å². The number of benzene rings is 4. The Bertz CT molecular complexity index is 3470. The van der Waals surface area contributed by atoms with E-state index < -0.39 is 0 Å². The van der Waals surface area contributed by atoms with Crippen LogP contribution < -0.4 is 0 Å². The van der Waals surface area contributed by atoms with Gasteiger partial charge in [0, 0.05) is 132 Å². The average Bonchev–Trinajstić information content (AvgIpc) is 4.32. The van der Waals surface area contributed by atoms with Crippen LogP contribution in [-0.4, -0.2) is 188 Å². The highest BCUT2D eigenvalue weighted by Crippen LogP contribution is 2.46. The van der Waals surface area contributed by atoms with E-state index in [2.05, 4.69) is 162 Å². The lowest BCUT2D eigenvalue weighted by Crippen LogP contribution is -2.14. The van der Waals surface area contributed by atoms with E-state index >= 15 is 0 Å². The van der Waals surface area contributed by atoms with Crippen molar-refractivity contribution in [3.05, 3.63) is 48.5 Å². The average molecular weight is 1220 g/mol. The Balaban J connectivity index is 1.41. The van der Waals surface area contributed by atoms with Gasteiger partial charge in [-0.05, 0) is 154 Å². The van der Waals surface area contributed by atoms with Crippen molar-refractivity contribution in [2.75, 3.05) is 129 Å². The Morgan fingerprint density at radius 2 is 0.487 bits per heavy atom.